The van der Waals surface area contributed by atoms with E-state index < -0.39 is 11.9 Å². The lowest BCUT2D eigenvalue weighted by atomic mass is 10.4. The molecule has 0 unspecified atom stereocenters. The fourth-order valence-corrected chi connectivity index (χ4v) is 0.670. The molecule has 0 aromatic rings. The Hall–Kier alpha value is -1.07. The van der Waals surface area contributed by atoms with Crippen molar-refractivity contribution in [2.45, 2.75) is 20.0 Å². The SMILES string of the molecule is CC(=O)CN(C)N=C(C)C(F)(F)F. The van der Waals surface area contributed by atoms with E-state index in [1.807, 2.05) is 0 Å². The van der Waals surface area contributed by atoms with E-state index >= 15 is 0 Å². The molecular weight excluding hydrogens is 185 g/mol. The molecule has 0 aliphatic heterocycles. The number of halogens is 3. The maximum Gasteiger partial charge on any atom is 0.430 e. The number of carbonyl (C=O) groups is 1. The van der Waals surface area contributed by atoms with Crippen LogP contribution in [0, 0.1) is 0 Å². The summed E-state index contributed by atoms with van der Waals surface area (Å²) in [7, 11) is 1.32. The van der Waals surface area contributed by atoms with Crippen LogP contribution >= 0.6 is 0 Å². The van der Waals surface area contributed by atoms with Gasteiger partial charge in [-0.05, 0) is 13.8 Å². The van der Waals surface area contributed by atoms with Gasteiger partial charge in [0.25, 0.3) is 0 Å². The summed E-state index contributed by atoms with van der Waals surface area (Å²) in [5.74, 6) is -0.235. The van der Waals surface area contributed by atoms with Gasteiger partial charge in [-0.25, -0.2) is 0 Å². The molecule has 0 amide bonds. The molecule has 0 bridgehead atoms. The van der Waals surface area contributed by atoms with Crippen LogP contribution in [0.4, 0.5) is 13.2 Å². The molecule has 0 fully saturated rings. The zero-order chi connectivity index (χ0) is 10.6. The first kappa shape index (κ1) is 11.9. The van der Waals surface area contributed by atoms with Crippen LogP contribution < -0.4 is 0 Å². The maximum absolute atomic E-state index is 11.9. The van der Waals surface area contributed by atoms with Gasteiger partial charge >= 0.3 is 6.18 Å². The molecule has 0 rings (SSSR count). The minimum atomic E-state index is -4.43. The third-order valence-electron chi connectivity index (χ3n) is 1.18. The van der Waals surface area contributed by atoms with Gasteiger partial charge < -0.3 is 0 Å². The van der Waals surface area contributed by atoms with Gasteiger partial charge in [0.2, 0.25) is 0 Å². The Bertz CT molecular complexity index is 222. The first-order valence-corrected chi connectivity index (χ1v) is 3.56. The van der Waals surface area contributed by atoms with Crippen molar-refractivity contribution in [2.24, 2.45) is 5.10 Å². The van der Waals surface area contributed by atoms with E-state index in [9.17, 15) is 18.0 Å². The lowest BCUT2D eigenvalue weighted by Crippen LogP contribution is -2.26. The van der Waals surface area contributed by atoms with Crippen molar-refractivity contribution in [2.75, 3.05) is 13.6 Å². The summed E-state index contributed by atoms with van der Waals surface area (Å²) in [4.78, 5) is 10.5. The highest BCUT2D eigenvalue weighted by Crippen LogP contribution is 2.16. The Morgan fingerprint density at radius 1 is 1.38 bits per heavy atom. The molecule has 0 radical (unpaired) electrons. The second-order valence-electron chi connectivity index (χ2n) is 2.70. The first-order chi connectivity index (χ1) is 5.73. The molecular formula is C7H11F3N2O. The van der Waals surface area contributed by atoms with E-state index in [-0.39, 0.29) is 12.3 Å². The molecule has 13 heavy (non-hydrogen) atoms. The van der Waals surface area contributed by atoms with Gasteiger partial charge in [0.15, 0.2) is 5.78 Å². The molecule has 0 aliphatic carbocycles. The Morgan fingerprint density at radius 3 is 2.15 bits per heavy atom. The Kier molecular flexibility index (Phi) is 3.90. The average Bonchev–Trinajstić information content (AvgIpc) is 1.82. The molecule has 3 nitrogen and oxygen atoms in total. The number of likely N-dealkylation sites (N-methyl/N-ethyl adjacent to an activating group) is 1. The minimum absolute atomic E-state index is 0.118. The van der Waals surface area contributed by atoms with Crippen LogP contribution in [0.15, 0.2) is 5.10 Å². The summed E-state index contributed by atoms with van der Waals surface area (Å²) < 4.78 is 35.7. The van der Waals surface area contributed by atoms with Crippen LogP contribution in [0.2, 0.25) is 0 Å². The van der Waals surface area contributed by atoms with Gasteiger partial charge in [-0.1, -0.05) is 0 Å². The molecule has 0 aromatic heterocycles. The molecule has 0 aromatic carbocycles. The predicted octanol–water partition coefficient (Wildman–Crippen LogP) is 1.45. The van der Waals surface area contributed by atoms with Gasteiger partial charge in [-0.15, -0.1) is 0 Å². The summed E-state index contributed by atoms with van der Waals surface area (Å²) in [6.07, 6.45) is -4.43. The highest BCUT2D eigenvalue weighted by atomic mass is 19.4. The van der Waals surface area contributed by atoms with Crippen LogP contribution in [0.5, 0.6) is 0 Å². The van der Waals surface area contributed by atoms with Crippen molar-refractivity contribution >= 4 is 11.5 Å². The van der Waals surface area contributed by atoms with E-state index in [0.717, 1.165) is 11.9 Å². The molecule has 0 atom stereocenters. The van der Waals surface area contributed by atoms with Crippen molar-refractivity contribution < 1.29 is 18.0 Å². The number of alkyl halides is 3. The maximum atomic E-state index is 11.9. The second-order valence-corrected chi connectivity index (χ2v) is 2.70. The number of nitrogens with zero attached hydrogens (tertiary/aromatic N) is 2. The van der Waals surface area contributed by atoms with Crippen LogP contribution in [-0.4, -0.2) is 36.3 Å². The Morgan fingerprint density at radius 2 is 1.85 bits per heavy atom. The average molecular weight is 196 g/mol. The molecule has 76 valence electrons. The van der Waals surface area contributed by atoms with Gasteiger partial charge in [0, 0.05) is 7.05 Å². The van der Waals surface area contributed by atoms with Crippen molar-refractivity contribution in [3.63, 3.8) is 0 Å². The zero-order valence-electron chi connectivity index (χ0n) is 7.64. The second kappa shape index (κ2) is 4.25. The van der Waals surface area contributed by atoms with Crippen LogP contribution in [-0.2, 0) is 4.79 Å². The van der Waals surface area contributed by atoms with E-state index in [4.69, 9.17) is 0 Å². The van der Waals surface area contributed by atoms with Crippen LogP contribution in [0.3, 0.4) is 0 Å². The number of hydrazone groups is 1. The molecule has 0 spiro atoms. The summed E-state index contributed by atoms with van der Waals surface area (Å²) in [5, 5.41) is 4.16. The number of hydrogen-bond acceptors (Lipinski definition) is 3. The fraction of sp³-hybridized carbons (Fsp3) is 0.714. The first-order valence-electron chi connectivity index (χ1n) is 3.56. The standard InChI is InChI=1S/C7H11F3N2O/c1-5(13)4-12(3)11-6(2)7(8,9)10/h4H2,1-3H3. The number of rotatable bonds is 3. The molecule has 0 N–H and O–H groups in total. The molecule has 0 saturated heterocycles. The lowest BCUT2D eigenvalue weighted by molar-refractivity contribution is -0.118. The molecule has 6 heteroatoms. The summed E-state index contributed by atoms with van der Waals surface area (Å²) in [6.45, 7) is 2.03. The monoisotopic (exact) mass is 196 g/mol. The molecule has 0 aliphatic rings. The lowest BCUT2D eigenvalue weighted by Gasteiger charge is -2.13. The van der Waals surface area contributed by atoms with Crippen molar-refractivity contribution in [1.29, 1.82) is 0 Å². The van der Waals surface area contributed by atoms with Gasteiger partial charge in [-0.3, -0.25) is 9.80 Å². The third kappa shape index (κ3) is 5.21. The van der Waals surface area contributed by atoms with Crippen molar-refractivity contribution in [3.05, 3.63) is 0 Å². The Labute approximate surface area is 74.2 Å². The van der Waals surface area contributed by atoms with Gasteiger partial charge in [0.1, 0.15) is 5.71 Å². The fourth-order valence-electron chi connectivity index (χ4n) is 0.670. The predicted molar refractivity (Wildman–Crippen MR) is 42.5 cm³/mol. The smallest absolute Gasteiger partial charge is 0.298 e. The number of ketones is 1. The quantitative estimate of drug-likeness (QED) is 0.505. The van der Waals surface area contributed by atoms with Crippen molar-refractivity contribution in [3.8, 4) is 0 Å². The zero-order valence-corrected chi connectivity index (χ0v) is 7.64. The third-order valence-corrected chi connectivity index (χ3v) is 1.18. The Balaban J connectivity index is 4.30. The minimum Gasteiger partial charge on any atom is -0.298 e. The highest BCUT2D eigenvalue weighted by Gasteiger charge is 2.32. The molecule has 0 saturated carbocycles. The number of carbonyl (C=O) groups excluding carboxylic acids is 1. The normalized spacial score (nSPS) is 12.9. The molecule has 0 heterocycles. The van der Waals surface area contributed by atoms with E-state index in [0.29, 0.717) is 0 Å². The summed E-state index contributed by atoms with van der Waals surface area (Å²) >= 11 is 0. The van der Waals surface area contributed by atoms with Gasteiger partial charge in [-0.2, -0.15) is 18.3 Å². The van der Waals surface area contributed by atoms with Crippen LogP contribution in [0.1, 0.15) is 13.8 Å². The largest absolute Gasteiger partial charge is 0.430 e. The number of Topliss-reactive ketones (excluding diaryl/α,β-unsaturated/α-hetero) is 1. The van der Waals surface area contributed by atoms with E-state index in [1.54, 1.807) is 0 Å². The van der Waals surface area contributed by atoms with Crippen molar-refractivity contribution in [1.82, 2.24) is 5.01 Å². The van der Waals surface area contributed by atoms with E-state index in [2.05, 4.69) is 5.10 Å². The topological polar surface area (TPSA) is 32.7 Å². The summed E-state index contributed by atoms with van der Waals surface area (Å²) in [5.41, 5.74) is -0.962. The van der Waals surface area contributed by atoms with E-state index in [1.165, 1.54) is 14.0 Å². The number of hydrogen-bond donors (Lipinski definition) is 0. The highest BCUT2D eigenvalue weighted by molar-refractivity contribution is 5.87. The summed E-state index contributed by atoms with van der Waals surface area (Å²) in [6, 6.07) is 0. The van der Waals surface area contributed by atoms with Gasteiger partial charge in [0.05, 0.1) is 6.54 Å². The van der Waals surface area contributed by atoms with Crippen LogP contribution in [0.25, 0.3) is 0 Å².